The van der Waals surface area contributed by atoms with Crippen molar-refractivity contribution in [3.8, 4) is 16.9 Å². The number of carbonyl (C=O) groups is 1. The fourth-order valence-electron chi connectivity index (χ4n) is 6.07. The number of pyridine rings is 2. The molecule has 1 N–H and O–H groups in total. The van der Waals surface area contributed by atoms with Crippen LogP contribution in [0.1, 0.15) is 53.2 Å². The van der Waals surface area contributed by atoms with Crippen molar-refractivity contribution in [3.05, 3.63) is 107 Å². The van der Waals surface area contributed by atoms with E-state index in [1.165, 1.54) is 27.9 Å². The highest BCUT2D eigenvalue weighted by Gasteiger charge is 2.29. The first-order chi connectivity index (χ1) is 21.3. The Balaban J connectivity index is 1.27. The lowest BCUT2D eigenvalue weighted by Crippen LogP contribution is -2.48. The Bertz CT molecular complexity index is 1550. The van der Waals surface area contributed by atoms with Gasteiger partial charge in [0.2, 0.25) is 0 Å². The maximum Gasteiger partial charge on any atom is 0.253 e. The van der Waals surface area contributed by atoms with E-state index >= 15 is 0 Å². The van der Waals surface area contributed by atoms with Crippen molar-refractivity contribution in [2.24, 2.45) is 0 Å². The predicted octanol–water partition coefficient (Wildman–Crippen LogP) is 7.10. The molecule has 1 fully saturated rings. The number of benzene rings is 2. The third kappa shape index (κ3) is 7.58. The summed E-state index contributed by atoms with van der Waals surface area (Å²) in [6.45, 7) is 9.74. The minimum Gasteiger partial charge on any atom is -0.497 e. The molecule has 8 heteroatoms. The second-order valence-electron chi connectivity index (χ2n) is 11.7. The number of hydrogen-bond donors (Lipinski definition) is 1. The number of methoxy groups -OCH3 is 1. The van der Waals surface area contributed by atoms with E-state index in [4.69, 9.17) is 16.3 Å². The van der Waals surface area contributed by atoms with Gasteiger partial charge >= 0.3 is 0 Å². The summed E-state index contributed by atoms with van der Waals surface area (Å²) in [5.74, 6) is 0.752. The van der Waals surface area contributed by atoms with Crippen LogP contribution in [0.15, 0.2) is 79.3 Å². The third-order valence-corrected chi connectivity index (χ3v) is 9.04. The summed E-state index contributed by atoms with van der Waals surface area (Å²) in [5.41, 5.74) is 7.53. The van der Waals surface area contributed by atoms with Gasteiger partial charge in [-0.2, -0.15) is 0 Å². The number of ether oxygens (including phenoxy) is 1. The number of likely N-dealkylation sites (tertiary alicyclic amines) is 1. The molecular formula is C36H42ClN5O2. The Labute approximate surface area is 266 Å². The van der Waals surface area contributed by atoms with Crippen molar-refractivity contribution >= 4 is 23.2 Å². The van der Waals surface area contributed by atoms with Crippen molar-refractivity contribution in [2.45, 2.75) is 58.7 Å². The van der Waals surface area contributed by atoms with Crippen LogP contribution in [0.3, 0.4) is 0 Å². The number of para-hydroxylation sites is 1. The first-order valence-electron chi connectivity index (χ1n) is 15.4. The van der Waals surface area contributed by atoms with Crippen LogP contribution in [0.25, 0.3) is 11.1 Å². The number of halogens is 1. The summed E-state index contributed by atoms with van der Waals surface area (Å²) in [4.78, 5) is 26.4. The number of nitrogens with one attached hydrogen (secondary N) is 1. The normalized spacial score (nSPS) is 14.7. The van der Waals surface area contributed by atoms with Crippen molar-refractivity contribution in [1.29, 1.82) is 0 Å². The monoisotopic (exact) mass is 611 g/mol. The van der Waals surface area contributed by atoms with Crippen LogP contribution in [0, 0.1) is 13.8 Å². The zero-order valence-corrected chi connectivity index (χ0v) is 26.8. The Morgan fingerprint density at radius 3 is 2.52 bits per heavy atom. The van der Waals surface area contributed by atoms with Gasteiger partial charge in [0.15, 0.2) is 0 Å². The molecule has 0 saturated carbocycles. The van der Waals surface area contributed by atoms with E-state index in [2.05, 4.69) is 81.4 Å². The molecule has 230 valence electrons. The SMILES string of the molecule is COc1ccc(-c2ccccc2N(Cc2cnccc2C)C2CCN(C(C)CCNC(=O)c3cnc(Cl)cc3C)CC2)cc1. The number of amides is 1. The van der Waals surface area contributed by atoms with Crippen molar-refractivity contribution < 1.29 is 9.53 Å². The van der Waals surface area contributed by atoms with Gasteiger partial charge in [-0.3, -0.25) is 9.78 Å². The number of aryl methyl sites for hydroxylation is 2. The second kappa shape index (κ2) is 14.7. The van der Waals surface area contributed by atoms with Crippen LogP contribution in [0.4, 0.5) is 5.69 Å². The molecule has 2 aromatic carbocycles. The lowest BCUT2D eigenvalue weighted by molar-refractivity contribution is 0.0944. The quantitative estimate of drug-likeness (QED) is 0.182. The first kappa shape index (κ1) is 31.5. The number of hydrogen-bond acceptors (Lipinski definition) is 6. The van der Waals surface area contributed by atoms with Gasteiger partial charge in [0.1, 0.15) is 10.9 Å². The number of anilines is 1. The molecule has 5 rings (SSSR count). The molecule has 0 radical (unpaired) electrons. The van der Waals surface area contributed by atoms with Gasteiger partial charge in [0, 0.05) is 68.1 Å². The maximum atomic E-state index is 12.7. The highest BCUT2D eigenvalue weighted by Crippen LogP contribution is 2.36. The van der Waals surface area contributed by atoms with Gasteiger partial charge < -0.3 is 19.9 Å². The standard InChI is InChI=1S/C36H42ClN5O2/c1-25-13-17-38-22-29(25)24-42(34-8-6-5-7-32(34)28-9-11-31(44-4)12-10-28)30-15-19-41(20-16-30)27(3)14-18-39-36(43)33-23-40-35(37)21-26(33)2/h5-13,17,21-23,27,30H,14-16,18-20,24H2,1-4H3,(H,39,43). The van der Waals surface area contributed by atoms with Crippen LogP contribution >= 0.6 is 11.6 Å². The van der Waals surface area contributed by atoms with E-state index in [1.807, 2.05) is 31.5 Å². The first-order valence-corrected chi connectivity index (χ1v) is 15.8. The van der Waals surface area contributed by atoms with Gasteiger partial charge in [-0.05, 0) is 92.6 Å². The molecule has 2 aromatic heterocycles. The molecule has 1 saturated heterocycles. The van der Waals surface area contributed by atoms with Crippen molar-refractivity contribution in [1.82, 2.24) is 20.2 Å². The number of aromatic nitrogens is 2. The lowest BCUT2D eigenvalue weighted by atomic mass is 9.96. The van der Waals surface area contributed by atoms with Gasteiger partial charge in [0.25, 0.3) is 5.91 Å². The lowest BCUT2D eigenvalue weighted by Gasteiger charge is -2.42. The van der Waals surface area contributed by atoms with Crippen LogP contribution in [0.2, 0.25) is 5.15 Å². The fourth-order valence-corrected chi connectivity index (χ4v) is 6.28. The molecule has 0 aliphatic carbocycles. The average Bonchev–Trinajstić information content (AvgIpc) is 3.04. The smallest absolute Gasteiger partial charge is 0.253 e. The van der Waals surface area contributed by atoms with Gasteiger partial charge in [0.05, 0.1) is 12.7 Å². The molecule has 0 spiro atoms. The third-order valence-electron chi connectivity index (χ3n) is 8.84. The Morgan fingerprint density at radius 2 is 1.82 bits per heavy atom. The summed E-state index contributed by atoms with van der Waals surface area (Å²) in [7, 11) is 1.70. The van der Waals surface area contributed by atoms with E-state index in [1.54, 1.807) is 19.4 Å². The zero-order chi connectivity index (χ0) is 31.1. The molecule has 4 aromatic rings. The molecule has 0 bridgehead atoms. The fraction of sp³-hybridized carbons (Fsp3) is 0.361. The molecule has 44 heavy (non-hydrogen) atoms. The Hall–Kier alpha value is -3.94. The van der Waals surface area contributed by atoms with E-state index < -0.39 is 0 Å². The number of carbonyl (C=O) groups excluding carboxylic acids is 1. The molecule has 7 nitrogen and oxygen atoms in total. The number of nitrogens with zero attached hydrogens (tertiary/aromatic N) is 4. The number of piperidine rings is 1. The molecule has 1 aliphatic heterocycles. The molecule has 1 aliphatic rings. The summed E-state index contributed by atoms with van der Waals surface area (Å²) >= 11 is 5.95. The second-order valence-corrected chi connectivity index (χ2v) is 12.0. The number of rotatable bonds is 11. The van der Waals surface area contributed by atoms with Crippen LogP contribution in [-0.2, 0) is 6.54 Å². The van der Waals surface area contributed by atoms with Crippen LogP contribution in [0.5, 0.6) is 5.75 Å². The largest absolute Gasteiger partial charge is 0.497 e. The molecule has 1 atom stereocenters. The van der Waals surface area contributed by atoms with Crippen LogP contribution < -0.4 is 15.0 Å². The zero-order valence-electron chi connectivity index (χ0n) is 26.1. The molecule has 3 heterocycles. The summed E-state index contributed by atoms with van der Waals surface area (Å²) in [6.07, 6.45) is 8.42. The summed E-state index contributed by atoms with van der Waals surface area (Å²) in [5, 5.41) is 3.47. The average molecular weight is 612 g/mol. The molecular weight excluding hydrogens is 570 g/mol. The molecule has 1 amide bonds. The molecule has 1 unspecified atom stereocenters. The minimum atomic E-state index is -0.102. The Kier molecular flexibility index (Phi) is 10.5. The van der Waals surface area contributed by atoms with E-state index in [-0.39, 0.29) is 5.91 Å². The summed E-state index contributed by atoms with van der Waals surface area (Å²) in [6, 6.07) is 21.6. The topological polar surface area (TPSA) is 70.6 Å². The van der Waals surface area contributed by atoms with Gasteiger partial charge in [-0.25, -0.2) is 4.98 Å². The predicted molar refractivity (Wildman–Crippen MR) is 179 cm³/mol. The highest BCUT2D eigenvalue weighted by molar-refractivity contribution is 6.29. The van der Waals surface area contributed by atoms with E-state index in [9.17, 15) is 4.79 Å². The van der Waals surface area contributed by atoms with E-state index in [0.29, 0.717) is 29.3 Å². The van der Waals surface area contributed by atoms with E-state index in [0.717, 1.165) is 50.2 Å². The Morgan fingerprint density at radius 1 is 1.07 bits per heavy atom. The van der Waals surface area contributed by atoms with Crippen molar-refractivity contribution in [2.75, 3.05) is 31.6 Å². The summed E-state index contributed by atoms with van der Waals surface area (Å²) < 4.78 is 5.41. The highest BCUT2D eigenvalue weighted by atomic mass is 35.5. The van der Waals surface area contributed by atoms with Crippen LogP contribution in [-0.4, -0.2) is 59.6 Å². The minimum absolute atomic E-state index is 0.102. The van der Waals surface area contributed by atoms with Gasteiger partial charge in [-0.15, -0.1) is 0 Å². The van der Waals surface area contributed by atoms with Gasteiger partial charge in [-0.1, -0.05) is 41.9 Å². The maximum absolute atomic E-state index is 12.7. The van der Waals surface area contributed by atoms with Crippen molar-refractivity contribution in [3.63, 3.8) is 0 Å².